The van der Waals surface area contributed by atoms with Gasteiger partial charge in [-0.3, -0.25) is 11.7 Å². The van der Waals surface area contributed by atoms with Gasteiger partial charge < -0.3 is 9.13 Å². The number of para-hydroxylation sites is 2. The molecule has 52 heavy (non-hydrogen) atoms. The topological polar surface area (TPSA) is 61.9 Å². The molecule has 0 aliphatic heterocycles. The van der Waals surface area contributed by atoms with E-state index in [1.54, 1.807) is 12.2 Å². The van der Waals surface area contributed by atoms with Gasteiger partial charge in [0.2, 0.25) is 0 Å². The van der Waals surface area contributed by atoms with E-state index < -0.39 is 0 Å². The molecule has 0 amide bonds. The third-order valence-electron chi connectivity index (χ3n) is 10.3. The van der Waals surface area contributed by atoms with E-state index >= 15 is 0 Å². The molecule has 0 radical (unpaired) electrons. The number of hydrogen-bond donors (Lipinski definition) is 2. The van der Waals surface area contributed by atoms with Crippen LogP contribution in [-0.2, 0) is 11.8 Å². The highest BCUT2D eigenvalue weighted by Crippen LogP contribution is 2.44. The minimum atomic E-state index is -0.273. The van der Waals surface area contributed by atoms with Crippen LogP contribution in [0, 0.1) is 0 Å². The van der Waals surface area contributed by atoms with Crippen LogP contribution in [-0.4, -0.2) is 9.13 Å². The van der Waals surface area contributed by atoms with Gasteiger partial charge in [0.15, 0.2) is 0 Å². The molecular formula is C48H44N4. The quantitative estimate of drug-likeness (QED) is 0.0797. The third-order valence-corrected chi connectivity index (χ3v) is 10.3. The van der Waals surface area contributed by atoms with E-state index in [9.17, 15) is 0 Å². The SMILES string of the molecule is C=CC=C.CC(c1ccccc1)(c1ccccc1)c1ccc(-n2c3c(c4c2ccc2c5ccccc5n(-c5ccccc5)c24)C=CCC3)cc1.NN. The lowest BCUT2D eigenvalue weighted by molar-refractivity contribution is 0.692. The molecule has 0 spiro atoms. The standard InChI is InChI=1S/C44H34N2.C4H6.H4N2/c1-44(31-15-5-2-6-16-31,32-17-7-3-8-18-32)33-25-27-35(28-26-33)45-40-24-14-12-22-38(40)42-41(45)30-29-37-36-21-11-13-23-39(36)46(43(37)42)34-19-9-4-10-20-34;1-3-4-2;1-2/h2-13,15-23,25-30H,14,24H2,1H3;3-4H,1-2H2;1-2H2. The van der Waals surface area contributed by atoms with Crippen molar-refractivity contribution in [3.63, 3.8) is 0 Å². The second kappa shape index (κ2) is 15.0. The molecule has 2 aromatic heterocycles. The van der Waals surface area contributed by atoms with Crippen molar-refractivity contribution >= 4 is 38.8 Å². The first-order chi connectivity index (χ1) is 25.6. The molecule has 0 saturated carbocycles. The lowest BCUT2D eigenvalue weighted by atomic mass is 9.71. The first-order valence-corrected chi connectivity index (χ1v) is 17.8. The number of rotatable bonds is 6. The summed E-state index contributed by atoms with van der Waals surface area (Å²) < 4.78 is 4.99. The molecule has 1 aliphatic rings. The molecule has 0 fully saturated rings. The fourth-order valence-electron chi connectivity index (χ4n) is 7.88. The summed E-state index contributed by atoms with van der Waals surface area (Å²) in [5, 5.41) is 3.91. The van der Waals surface area contributed by atoms with Gasteiger partial charge in [0, 0.05) is 44.2 Å². The number of hydrazine groups is 1. The van der Waals surface area contributed by atoms with Gasteiger partial charge in [0.05, 0.1) is 16.6 Å². The van der Waals surface area contributed by atoms with E-state index in [1.165, 1.54) is 72.0 Å². The zero-order chi connectivity index (χ0) is 36.1. The minimum absolute atomic E-state index is 0.273. The summed E-state index contributed by atoms with van der Waals surface area (Å²) in [6.45, 7) is 9.07. The number of nitrogens with zero attached hydrogens (tertiary/aromatic N) is 2. The Morgan fingerprint density at radius 1 is 0.558 bits per heavy atom. The smallest absolute Gasteiger partial charge is 0.0641 e. The molecule has 0 saturated heterocycles. The molecular weight excluding hydrogens is 633 g/mol. The Labute approximate surface area is 306 Å². The number of allylic oxidation sites excluding steroid dienone is 3. The highest BCUT2D eigenvalue weighted by molar-refractivity contribution is 6.20. The molecule has 1 aliphatic carbocycles. The Hall–Kier alpha value is -6.20. The van der Waals surface area contributed by atoms with Gasteiger partial charge >= 0.3 is 0 Å². The van der Waals surface area contributed by atoms with Crippen molar-refractivity contribution in [3.8, 4) is 11.4 Å². The maximum absolute atomic E-state index is 4.00. The van der Waals surface area contributed by atoms with E-state index in [4.69, 9.17) is 0 Å². The van der Waals surface area contributed by atoms with E-state index in [0.717, 1.165) is 12.8 Å². The van der Waals surface area contributed by atoms with E-state index in [0.29, 0.717) is 0 Å². The predicted molar refractivity (Wildman–Crippen MR) is 222 cm³/mol. The lowest BCUT2D eigenvalue weighted by Crippen LogP contribution is -2.25. The molecule has 6 aromatic carbocycles. The highest BCUT2D eigenvalue weighted by Gasteiger charge is 2.31. The summed E-state index contributed by atoms with van der Waals surface area (Å²) in [7, 11) is 0. The molecule has 256 valence electrons. The predicted octanol–water partition coefficient (Wildman–Crippen LogP) is 11.2. The van der Waals surface area contributed by atoms with Crippen molar-refractivity contribution in [2.24, 2.45) is 11.7 Å². The van der Waals surface area contributed by atoms with Gasteiger partial charge in [-0.25, -0.2) is 0 Å². The normalized spacial score (nSPS) is 12.1. The van der Waals surface area contributed by atoms with Crippen molar-refractivity contribution in [2.45, 2.75) is 25.2 Å². The maximum Gasteiger partial charge on any atom is 0.0641 e. The lowest BCUT2D eigenvalue weighted by Gasteiger charge is -2.32. The van der Waals surface area contributed by atoms with Crippen LogP contribution in [0.15, 0.2) is 183 Å². The second-order valence-electron chi connectivity index (χ2n) is 13.1. The number of nitrogens with two attached hydrogens (primary N) is 2. The number of aromatic nitrogens is 2. The molecule has 4 N–H and O–H groups in total. The van der Waals surface area contributed by atoms with E-state index in [-0.39, 0.29) is 5.41 Å². The first kappa shape index (κ1) is 34.3. The average Bonchev–Trinajstić information content (AvgIpc) is 3.75. The zero-order valence-corrected chi connectivity index (χ0v) is 29.6. The zero-order valence-electron chi connectivity index (χ0n) is 29.6. The Kier molecular flexibility index (Phi) is 9.85. The summed E-state index contributed by atoms with van der Waals surface area (Å²) in [5.41, 5.74) is 12.5. The van der Waals surface area contributed by atoms with Crippen molar-refractivity contribution in [2.75, 3.05) is 0 Å². The Morgan fingerprint density at radius 2 is 1.10 bits per heavy atom. The van der Waals surface area contributed by atoms with Gasteiger partial charge in [-0.1, -0.05) is 153 Å². The van der Waals surface area contributed by atoms with E-state index in [1.807, 2.05) is 0 Å². The second-order valence-corrected chi connectivity index (χ2v) is 13.1. The summed E-state index contributed by atoms with van der Waals surface area (Å²) >= 11 is 0. The van der Waals surface area contributed by atoms with Crippen LogP contribution in [0.5, 0.6) is 0 Å². The maximum atomic E-state index is 4.00. The number of fused-ring (bicyclic) bond motifs is 7. The van der Waals surface area contributed by atoms with Crippen LogP contribution < -0.4 is 11.7 Å². The fourth-order valence-corrected chi connectivity index (χ4v) is 7.88. The van der Waals surface area contributed by atoms with Crippen LogP contribution in [0.25, 0.3) is 50.2 Å². The van der Waals surface area contributed by atoms with Crippen molar-refractivity contribution < 1.29 is 0 Å². The monoisotopic (exact) mass is 676 g/mol. The molecule has 8 aromatic rings. The van der Waals surface area contributed by atoms with Crippen LogP contribution in [0.4, 0.5) is 0 Å². The Bertz CT molecular complexity index is 2460. The third kappa shape index (κ3) is 5.78. The van der Waals surface area contributed by atoms with Crippen LogP contribution >= 0.6 is 0 Å². The van der Waals surface area contributed by atoms with E-state index in [2.05, 4.69) is 205 Å². The van der Waals surface area contributed by atoms with Gasteiger partial charge in [0.1, 0.15) is 0 Å². The molecule has 4 heteroatoms. The van der Waals surface area contributed by atoms with Crippen LogP contribution in [0.1, 0.15) is 41.3 Å². The van der Waals surface area contributed by atoms with Crippen molar-refractivity contribution in [1.82, 2.24) is 9.13 Å². The number of hydrogen-bond acceptors (Lipinski definition) is 2. The van der Waals surface area contributed by atoms with Gasteiger partial charge in [0.25, 0.3) is 0 Å². The summed E-state index contributed by atoms with van der Waals surface area (Å²) in [6.07, 6.45) is 10.0. The molecule has 0 bridgehead atoms. The Morgan fingerprint density at radius 3 is 1.71 bits per heavy atom. The fraction of sp³-hybridized carbons (Fsp3) is 0.0833. The van der Waals surface area contributed by atoms with Crippen molar-refractivity contribution in [1.29, 1.82) is 0 Å². The average molecular weight is 677 g/mol. The largest absolute Gasteiger partial charge is 0.313 e. The molecule has 4 nitrogen and oxygen atoms in total. The highest BCUT2D eigenvalue weighted by atomic mass is 15.0. The minimum Gasteiger partial charge on any atom is -0.313 e. The summed E-state index contributed by atoms with van der Waals surface area (Å²) in [4.78, 5) is 0. The first-order valence-electron chi connectivity index (χ1n) is 17.8. The molecule has 0 unspecified atom stereocenters. The molecule has 2 heterocycles. The number of benzene rings is 6. The summed E-state index contributed by atoms with van der Waals surface area (Å²) in [6, 6.07) is 55.4. The van der Waals surface area contributed by atoms with Gasteiger partial charge in [-0.15, -0.1) is 0 Å². The summed E-state index contributed by atoms with van der Waals surface area (Å²) in [5.74, 6) is 8.00. The van der Waals surface area contributed by atoms with Crippen LogP contribution in [0.2, 0.25) is 0 Å². The van der Waals surface area contributed by atoms with Gasteiger partial charge in [-0.05, 0) is 72.9 Å². The van der Waals surface area contributed by atoms with Gasteiger partial charge in [-0.2, -0.15) is 0 Å². The molecule has 0 atom stereocenters. The molecule has 9 rings (SSSR count). The van der Waals surface area contributed by atoms with Crippen molar-refractivity contribution in [3.05, 3.63) is 211 Å². The van der Waals surface area contributed by atoms with Crippen LogP contribution in [0.3, 0.4) is 0 Å². The Balaban J connectivity index is 0.000000658.